The summed E-state index contributed by atoms with van der Waals surface area (Å²) in [4.78, 5) is 27.7. The van der Waals surface area contributed by atoms with Crippen LogP contribution in [0, 0.1) is 11.8 Å². The van der Waals surface area contributed by atoms with Gasteiger partial charge in [0.25, 0.3) is 0 Å². The highest BCUT2D eigenvalue weighted by Crippen LogP contribution is 2.32. The number of urea groups is 1. The molecule has 1 aromatic rings. The average Bonchev–Trinajstić information content (AvgIpc) is 2.62. The monoisotopic (exact) mass is 409 g/mol. The summed E-state index contributed by atoms with van der Waals surface area (Å²) >= 11 is 12.7. The van der Waals surface area contributed by atoms with Crippen molar-refractivity contribution in [1.29, 1.82) is 0 Å². The van der Waals surface area contributed by atoms with Crippen molar-refractivity contribution < 1.29 is 9.59 Å². The van der Waals surface area contributed by atoms with Crippen LogP contribution in [0.3, 0.4) is 0 Å². The lowest BCUT2D eigenvalue weighted by Crippen LogP contribution is -2.48. The third-order valence-corrected chi connectivity index (χ3v) is 5.74. The Morgan fingerprint density at radius 2 is 1.89 bits per heavy atom. The number of nitrogens with zero attached hydrogens (tertiary/aromatic N) is 2. The standard InChI is InChI=1S/C20H25Cl2N3O2/c1-13(26)5-6-15-7-8-17(19(22)18(15)21)14(2)23-20(27)25(4)16-9-11-24(3)12-10-16/h7-8,14,16H,9-12H2,1-4H3,(H,23,27). The largest absolute Gasteiger partial charge is 0.331 e. The number of carbonyl (C=O) groups excluding carboxylic acids is 2. The van der Waals surface area contributed by atoms with Crippen LogP contribution in [-0.2, 0) is 4.79 Å². The Morgan fingerprint density at radius 1 is 1.26 bits per heavy atom. The molecule has 1 fully saturated rings. The van der Waals surface area contributed by atoms with Crippen LogP contribution in [0.15, 0.2) is 12.1 Å². The molecule has 5 nitrogen and oxygen atoms in total. The molecular weight excluding hydrogens is 385 g/mol. The molecule has 1 heterocycles. The molecule has 1 atom stereocenters. The smallest absolute Gasteiger partial charge is 0.317 e. The van der Waals surface area contributed by atoms with Gasteiger partial charge in [-0.15, -0.1) is 0 Å². The number of piperidine rings is 1. The Hall–Kier alpha value is -1.74. The van der Waals surface area contributed by atoms with E-state index in [0.29, 0.717) is 16.1 Å². The first kappa shape index (κ1) is 21.6. The third kappa shape index (κ3) is 5.62. The second kappa shape index (κ2) is 9.45. The highest BCUT2D eigenvalue weighted by atomic mass is 35.5. The summed E-state index contributed by atoms with van der Waals surface area (Å²) in [6.07, 6.45) is 1.93. The molecule has 2 rings (SSSR count). The zero-order chi connectivity index (χ0) is 20.1. The van der Waals surface area contributed by atoms with Crippen LogP contribution in [0.2, 0.25) is 10.0 Å². The summed E-state index contributed by atoms with van der Waals surface area (Å²) in [5.41, 5.74) is 1.20. The number of rotatable bonds is 3. The maximum Gasteiger partial charge on any atom is 0.317 e. The Labute approximate surface area is 171 Å². The van der Waals surface area contributed by atoms with Gasteiger partial charge in [-0.1, -0.05) is 35.2 Å². The Morgan fingerprint density at radius 3 is 2.48 bits per heavy atom. The first-order valence-corrected chi connectivity index (χ1v) is 9.68. The van der Waals surface area contributed by atoms with Crippen LogP contribution in [0.5, 0.6) is 0 Å². The number of amides is 2. The second-order valence-electron chi connectivity index (χ2n) is 6.95. The van der Waals surface area contributed by atoms with E-state index in [1.165, 1.54) is 6.92 Å². The van der Waals surface area contributed by atoms with Gasteiger partial charge in [0, 0.05) is 25.6 Å². The summed E-state index contributed by atoms with van der Waals surface area (Å²) in [6.45, 7) is 5.22. The summed E-state index contributed by atoms with van der Waals surface area (Å²) in [5.74, 6) is 4.92. The minimum Gasteiger partial charge on any atom is -0.331 e. The van der Waals surface area contributed by atoms with Gasteiger partial charge in [-0.05, 0) is 57.5 Å². The van der Waals surface area contributed by atoms with E-state index in [1.807, 2.05) is 14.0 Å². The normalized spacial score (nSPS) is 16.2. The summed E-state index contributed by atoms with van der Waals surface area (Å²) in [6, 6.07) is 3.27. The fraction of sp³-hybridized carbons (Fsp3) is 0.500. The maximum absolute atomic E-state index is 12.6. The molecule has 2 amide bonds. The van der Waals surface area contributed by atoms with Crippen molar-refractivity contribution in [2.45, 2.75) is 38.8 Å². The number of nitrogens with one attached hydrogen (secondary N) is 1. The summed E-state index contributed by atoms with van der Waals surface area (Å²) < 4.78 is 0. The minimum atomic E-state index is -0.314. The van der Waals surface area contributed by atoms with E-state index in [2.05, 4.69) is 29.1 Å². The lowest BCUT2D eigenvalue weighted by molar-refractivity contribution is -0.111. The van der Waals surface area contributed by atoms with Crippen molar-refractivity contribution in [2.24, 2.45) is 0 Å². The molecule has 146 valence electrons. The van der Waals surface area contributed by atoms with Crippen LogP contribution < -0.4 is 5.32 Å². The van der Waals surface area contributed by atoms with Crippen molar-refractivity contribution in [2.75, 3.05) is 27.2 Å². The van der Waals surface area contributed by atoms with Crippen molar-refractivity contribution in [1.82, 2.24) is 15.1 Å². The molecule has 1 unspecified atom stereocenters. The van der Waals surface area contributed by atoms with Crippen LogP contribution >= 0.6 is 23.2 Å². The molecule has 0 saturated carbocycles. The molecule has 0 radical (unpaired) electrons. The lowest BCUT2D eigenvalue weighted by Gasteiger charge is -2.35. The second-order valence-corrected chi connectivity index (χ2v) is 7.71. The van der Waals surface area contributed by atoms with Gasteiger partial charge >= 0.3 is 6.03 Å². The van der Waals surface area contributed by atoms with Crippen molar-refractivity contribution >= 4 is 35.0 Å². The molecule has 1 aliphatic heterocycles. The van der Waals surface area contributed by atoms with Gasteiger partial charge in [0.2, 0.25) is 5.78 Å². The van der Waals surface area contributed by atoms with E-state index in [4.69, 9.17) is 23.2 Å². The van der Waals surface area contributed by atoms with Gasteiger partial charge in [0.1, 0.15) is 0 Å². The number of likely N-dealkylation sites (tertiary alicyclic amines) is 1. The molecule has 0 bridgehead atoms. The van der Waals surface area contributed by atoms with Crippen LogP contribution in [0.1, 0.15) is 43.9 Å². The fourth-order valence-corrected chi connectivity index (χ4v) is 3.61. The Kier molecular flexibility index (Phi) is 7.55. The quantitative estimate of drug-likeness (QED) is 0.773. The number of hydrogen-bond donors (Lipinski definition) is 1. The minimum absolute atomic E-state index is 0.135. The topological polar surface area (TPSA) is 52.7 Å². The van der Waals surface area contributed by atoms with Crippen LogP contribution in [0.25, 0.3) is 0 Å². The van der Waals surface area contributed by atoms with Gasteiger partial charge in [0.05, 0.1) is 16.1 Å². The number of Topliss-reactive ketones (excluding diaryl/α,β-unsaturated/α-hetero) is 1. The van der Waals surface area contributed by atoms with Crippen molar-refractivity contribution in [3.63, 3.8) is 0 Å². The van der Waals surface area contributed by atoms with Gasteiger partial charge in [0.15, 0.2) is 0 Å². The van der Waals surface area contributed by atoms with Gasteiger partial charge in [-0.25, -0.2) is 4.79 Å². The molecule has 0 spiro atoms. The van der Waals surface area contributed by atoms with Crippen LogP contribution in [0.4, 0.5) is 4.79 Å². The molecule has 1 N–H and O–H groups in total. The zero-order valence-corrected chi connectivity index (χ0v) is 17.6. The first-order valence-electron chi connectivity index (χ1n) is 8.93. The van der Waals surface area contributed by atoms with E-state index in [-0.39, 0.29) is 28.9 Å². The number of halogens is 2. The first-order chi connectivity index (χ1) is 12.7. The highest BCUT2D eigenvalue weighted by Gasteiger charge is 2.25. The summed E-state index contributed by atoms with van der Waals surface area (Å²) in [7, 11) is 3.92. The molecule has 1 aromatic carbocycles. The van der Waals surface area contributed by atoms with Crippen LogP contribution in [-0.4, -0.2) is 54.8 Å². The SMILES string of the molecule is CC(=O)C#Cc1ccc(C(C)NC(=O)N(C)C2CCN(C)CC2)c(Cl)c1Cl. The average molecular weight is 410 g/mol. The Bertz CT molecular complexity index is 777. The van der Waals surface area contributed by atoms with E-state index >= 15 is 0 Å². The summed E-state index contributed by atoms with van der Waals surface area (Å²) in [5, 5.41) is 3.60. The molecule has 0 aliphatic carbocycles. The number of ketones is 1. The van der Waals surface area contributed by atoms with E-state index < -0.39 is 0 Å². The molecule has 27 heavy (non-hydrogen) atoms. The lowest BCUT2D eigenvalue weighted by atomic mass is 10.0. The van der Waals surface area contributed by atoms with E-state index in [9.17, 15) is 9.59 Å². The number of benzene rings is 1. The fourth-order valence-electron chi connectivity index (χ4n) is 3.06. The van der Waals surface area contributed by atoms with Gasteiger partial charge < -0.3 is 15.1 Å². The maximum atomic E-state index is 12.6. The van der Waals surface area contributed by atoms with E-state index in [0.717, 1.165) is 25.9 Å². The molecule has 1 saturated heterocycles. The molecule has 1 aliphatic rings. The Balaban J connectivity index is 2.08. The molecule has 7 heteroatoms. The number of carbonyl (C=O) groups is 2. The zero-order valence-electron chi connectivity index (χ0n) is 16.1. The molecular formula is C20H25Cl2N3O2. The van der Waals surface area contributed by atoms with E-state index in [1.54, 1.807) is 17.0 Å². The van der Waals surface area contributed by atoms with Crippen molar-refractivity contribution in [3.05, 3.63) is 33.3 Å². The molecule has 0 aromatic heterocycles. The predicted molar refractivity (Wildman–Crippen MR) is 109 cm³/mol. The van der Waals surface area contributed by atoms with Crippen molar-refractivity contribution in [3.8, 4) is 11.8 Å². The third-order valence-electron chi connectivity index (χ3n) is 4.85. The number of hydrogen-bond acceptors (Lipinski definition) is 3. The van der Waals surface area contributed by atoms with Gasteiger partial charge in [-0.3, -0.25) is 4.79 Å². The highest BCUT2D eigenvalue weighted by molar-refractivity contribution is 6.43. The van der Waals surface area contributed by atoms with Gasteiger partial charge in [-0.2, -0.15) is 0 Å². The predicted octanol–water partition coefficient (Wildman–Crippen LogP) is 3.73.